The number of rotatable bonds is 9. The number of ether oxygens (including phenoxy) is 3. The number of benzene rings is 1. The summed E-state index contributed by atoms with van der Waals surface area (Å²) < 4.78 is 15.3. The Morgan fingerprint density at radius 2 is 1.74 bits per heavy atom. The summed E-state index contributed by atoms with van der Waals surface area (Å²) in [5, 5.41) is 12.8. The molecule has 5 nitrogen and oxygen atoms in total. The second-order valence-corrected chi connectivity index (χ2v) is 4.30. The molecule has 0 spiro atoms. The van der Waals surface area contributed by atoms with Crippen LogP contribution in [0.15, 0.2) is 18.2 Å². The molecule has 0 aliphatic carbocycles. The van der Waals surface area contributed by atoms with Gasteiger partial charge in [-0.3, -0.25) is 0 Å². The Hall–Kier alpha value is -1.30. The van der Waals surface area contributed by atoms with Gasteiger partial charge in [-0.05, 0) is 30.7 Å². The molecule has 0 bridgehead atoms. The standard InChI is InChI=1S/C14H23NO4/c1-17-10-12(16)4-5-15-9-11-6-13(18-2)8-14(7-11)19-3/h6-8,12,15-16H,4-5,9-10H2,1-3H3. The van der Waals surface area contributed by atoms with Gasteiger partial charge in [0.05, 0.1) is 26.9 Å². The molecule has 1 aromatic rings. The normalized spacial score (nSPS) is 12.2. The maximum absolute atomic E-state index is 9.51. The molecule has 0 aliphatic rings. The van der Waals surface area contributed by atoms with Gasteiger partial charge in [0.1, 0.15) is 11.5 Å². The first-order valence-corrected chi connectivity index (χ1v) is 6.29. The largest absolute Gasteiger partial charge is 0.497 e. The lowest BCUT2D eigenvalue weighted by molar-refractivity contribution is 0.0594. The molecule has 19 heavy (non-hydrogen) atoms. The summed E-state index contributed by atoms with van der Waals surface area (Å²) in [5.74, 6) is 1.55. The van der Waals surface area contributed by atoms with Gasteiger partial charge in [0.2, 0.25) is 0 Å². The summed E-state index contributed by atoms with van der Waals surface area (Å²) in [6.07, 6.45) is 0.243. The van der Waals surface area contributed by atoms with Crippen molar-refractivity contribution in [2.45, 2.75) is 19.1 Å². The van der Waals surface area contributed by atoms with Gasteiger partial charge >= 0.3 is 0 Å². The van der Waals surface area contributed by atoms with E-state index < -0.39 is 6.10 Å². The summed E-state index contributed by atoms with van der Waals surface area (Å²) in [5.41, 5.74) is 1.08. The number of aliphatic hydroxyl groups is 1. The summed E-state index contributed by atoms with van der Waals surface area (Å²) in [4.78, 5) is 0. The Bertz CT molecular complexity index is 348. The van der Waals surface area contributed by atoms with E-state index in [1.807, 2.05) is 18.2 Å². The number of nitrogens with one attached hydrogen (secondary N) is 1. The fraction of sp³-hybridized carbons (Fsp3) is 0.571. The van der Waals surface area contributed by atoms with Crippen LogP contribution in [-0.2, 0) is 11.3 Å². The molecule has 0 saturated carbocycles. The van der Waals surface area contributed by atoms with Gasteiger partial charge in [-0.2, -0.15) is 0 Å². The Balaban J connectivity index is 2.40. The third-order valence-electron chi connectivity index (χ3n) is 2.75. The highest BCUT2D eigenvalue weighted by atomic mass is 16.5. The monoisotopic (exact) mass is 269 g/mol. The average Bonchev–Trinajstić information content (AvgIpc) is 2.43. The Morgan fingerprint density at radius 3 is 2.26 bits per heavy atom. The van der Waals surface area contributed by atoms with Crippen LogP contribution in [0.4, 0.5) is 0 Å². The van der Waals surface area contributed by atoms with E-state index in [1.165, 1.54) is 0 Å². The van der Waals surface area contributed by atoms with Crippen molar-refractivity contribution in [2.24, 2.45) is 0 Å². The van der Waals surface area contributed by atoms with Gasteiger partial charge in [-0.1, -0.05) is 0 Å². The highest BCUT2D eigenvalue weighted by Gasteiger charge is 2.04. The summed E-state index contributed by atoms with van der Waals surface area (Å²) >= 11 is 0. The van der Waals surface area contributed by atoms with Crippen molar-refractivity contribution in [2.75, 3.05) is 34.5 Å². The lowest BCUT2D eigenvalue weighted by Gasteiger charge is -2.11. The first kappa shape index (κ1) is 15.8. The lowest BCUT2D eigenvalue weighted by Crippen LogP contribution is -2.23. The molecule has 2 N–H and O–H groups in total. The molecule has 0 heterocycles. The van der Waals surface area contributed by atoms with E-state index in [4.69, 9.17) is 14.2 Å². The van der Waals surface area contributed by atoms with Gasteiger partial charge in [0, 0.05) is 19.7 Å². The number of hydrogen-bond donors (Lipinski definition) is 2. The van der Waals surface area contributed by atoms with E-state index in [9.17, 15) is 5.11 Å². The number of methoxy groups -OCH3 is 3. The predicted molar refractivity (Wildman–Crippen MR) is 73.8 cm³/mol. The van der Waals surface area contributed by atoms with Crippen molar-refractivity contribution >= 4 is 0 Å². The van der Waals surface area contributed by atoms with E-state index in [0.29, 0.717) is 19.6 Å². The van der Waals surface area contributed by atoms with Crippen LogP contribution in [0.2, 0.25) is 0 Å². The minimum absolute atomic E-state index is 0.370. The molecule has 0 aliphatic heterocycles. The van der Waals surface area contributed by atoms with Crippen LogP contribution in [0.1, 0.15) is 12.0 Å². The summed E-state index contributed by atoms with van der Waals surface area (Å²) in [6, 6.07) is 5.76. The first-order valence-electron chi connectivity index (χ1n) is 6.29. The summed E-state index contributed by atoms with van der Waals surface area (Å²) in [6.45, 7) is 1.80. The lowest BCUT2D eigenvalue weighted by atomic mass is 10.2. The molecule has 0 aromatic heterocycles. The van der Waals surface area contributed by atoms with Crippen molar-refractivity contribution in [1.29, 1.82) is 0 Å². The second kappa shape index (κ2) is 8.74. The van der Waals surface area contributed by atoms with E-state index >= 15 is 0 Å². The third-order valence-corrected chi connectivity index (χ3v) is 2.75. The van der Waals surface area contributed by atoms with Crippen molar-refractivity contribution in [3.05, 3.63) is 23.8 Å². The fourth-order valence-corrected chi connectivity index (χ4v) is 1.75. The molecule has 0 amide bonds. The van der Waals surface area contributed by atoms with E-state index in [1.54, 1.807) is 21.3 Å². The van der Waals surface area contributed by atoms with E-state index in [0.717, 1.165) is 23.6 Å². The molecule has 5 heteroatoms. The summed E-state index contributed by atoms with van der Waals surface area (Å²) in [7, 11) is 4.85. The van der Waals surface area contributed by atoms with Gasteiger partial charge < -0.3 is 24.6 Å². The van der Waals surface area contributed by atoms with Crippen LogP contribution < -0.4 is 14.8 Å². The minimum Gasteiger partial charge on any atom is -0.497 e. The van der Waals surface area contributed by atoms with Crippen LogP contribution in [-0.4, -0.2) is 45.7 Å². The van der Waals surface area contributed by atoms with Crippen LogP contribution >= 0.6 is 0 Å². The van der Waals surface area contributed by atoms with Crippen molar-refractivity contribution in [3.8, 4) is 11.5 Å². The zero-order chi connectivity index (χ0) is 14.1. The molecule has 1 rings (SSSR count). The number of aliphatic hydroxyl groups excluding tert-OH is 1. The smallest absolute Gasteiger partial charge is 0.122 e. The molecule has 0 radical (unpaired) electrons. The van der Waals surface area contributed by atoms with Crippen LogP contribution in [0.3, 0.4) is 0 Å². The SMILES string of the molecule is COCC(O)CCNCc1cc(OC)cc(OC)c1. The predicted octanol–water partition coefficient (Wildman–Crippen LogP) is 1.19. The highest BCUT2D eigenvalue weighted by Crippen LogP contribution is 2.22. The van der Waals surface area contributed by atoms with Gasteiger partial charge in [0.15, 0.2) is 0 Å². The zero-order valence-electron chi connectivity index (χ0n) is 11.8. The molecule has 108 valence electrons. The zero-order valence-corrected chi connectivity index (χ0v) is 11.8. The van der Waals surface area contributed by atoms with Crippen LogP contribution in [0.5, 0.6) is 11.5 Å². The molecular weight excluding hydrogens is 246 g/mol. The van der Waals surface area contributed by atoms with Crippen molar-refractivity contribution in [3.63, 3.8) is 0 Å². The minimum atomic E-state index is -0.419. The van der Waals surface area contributed by atoms with Gasteiger partial charge in [0.25, 0.3) is 0 Å². The molecule has 1 atom stereocenters. The van der Waals surface area contributed by atoms with E-state index in [2.05, 4.69) is 5.32 Å². The second-order valence-electron chi connectivity index (χ2n) is 4.30. The average molecular weight is 269 g/mol. The highest BCUT2D eigenvalue weighted by molar-refractivity contribution is 5.38. The van der Waals surface area contributed by atoms with Crippen molar-refractivity contribution < 1.29 is 19.3 Å². The maximum atomic E-state index is 9.51. The molecule has 1 unspecified atom stereocenters. The maximum Gasteiger partial charge on any atom is 0.122 e. The van der Waals surface area contributed by atoms with Crippen LogP contribution in [0, 0.1) is 0 Å². The first-order chi connectivity index (χ1) is 9.19. The molecular formula is C14H23NO4. The Morgan fingerprint density at radius 1 is 1.11 bits per heavy atom. The Kier molecular flexibility index (Phi) is 7.25. The van der Waals surface area contributed by atoms with E-state index in [-0.39, 0.29) is 0 Å². The quantitative estimate of drug-likeness (QED) is 0.659. The fourth-order valence-electron chi connectivity index (χ4n) is 1.75. The van der Waals surface area contributed by atoms with Gasteiger partial charge in [-0.15, -0.1) is 0 Å². The topological polar surface area (TPSA) is 60.0 Å². The third kappa shape index (κ3) is 5.92. The van der Waals surface area contributed by atoms with Crippen LogP contribution in [0.25, 0.3) is 0 Å². The number of hydrogen-bond acceptors (Lipinski definition) is 5. The molecule has 1 aromatic carbocycles. The Labute approximate surface area is 114 Å². The van der Waals surface area contributed by atoms with Gasteiger partial charge in [-0.25, -0.2) is 0 Å². The molecule has 0 saturated heterocycles. The molecule has 0 fully saturated rings. The van der Waals surface area contributed by atoms with Crippen molar-refractivity contribution in [1.82, 2.24) is 5.32 Å².